The lowest BCUT2D eigenvalue weighted by Gasteiger charge is -2.39. The number of halogens is 4. The topological polar surface area (TPSA) is 82.6 Å². The zero-order chi connectivity index (χ0) is 29.5. The van der Waals surface area contributed by atoms with E-state index in [-0.39, 0.29) is 30.3 Å². The predicted molar refractivity (Wildman–Crippen MR) is 143 cm³/mol. The van der Waals surface area contributed by atoms with Crippen LogP contribution in [0.3, 0.4) is 0 Å². The molecule has 41 heavy (non-hydrogen) atoms. The molecule has 1 N–H and O–H groups in total. The van der Waals surface area contributed by atoms with Crippen molar-refractivity contribution in [2.24, 2.45) is 0 Å². The van der Waals surface area contributed by atoms with E-state index in [0.29, 0.717) is 17.2 Å². The van der Waals surface area contributed by atoms with Crippen LogP contribution < -0.4 is 15.1 Å². The number of rotatable bonds is 7. The summed E-state index contributed by atoms with van der Waals surface area (Å²) in [4.78, 5) is 47.7. The molecule has 5 rings (SSSR count). The standard InChI is InChI=1S/C30H28F4N4O3/c1-17-9-10-35-25(11-17)38-24(7-8-26(38)39)29(41)37(22-13-19(31)12-20(32)14-22)27(23-6-4-3-5-18(23)2)28(40)36-21-15-30(33,34)16-21/h3-6,9-14,21,24,27H,7-8,15-16H2,1-2H3,(H,36,40)/t24-,27-/m0/s1. The molecule has 2 aromatic carbocycles. The van der Waals surface area contributed by atoms with E-state index < -0.39 is 60.3 Å². The molecule has 0 unspecified atom stereocenters. The number of amides is 3. The molecule has 2 heterocycles. The Labute approximate surface area is 234 Å². The summed E-state index contributed by atoms with van der Waals surface area (Å²) in [5.74, 6) is -6.60. The molecule has 7 nitrogen and oxygen atoms in total. The number of hydrogen-bond donors (Lipinski definition) is 1. The van der Waals surface area contributed by atoms with Gasteiger partial charge in [0.25, 0.3) is 11.8 Å². The Kier molecular flexibility index (Phi) is 7.54. The number of nitrogens with zero attached hydrogens (tertiary/aromatic N) is 3. The van der Waals surface area contributed by atoms with Gasteiger partial charge in [-0.3, -0.25) is 24.2 Å². The van der Waals surface area contributed by atoms with Crippen molar-refractivity contribution in [3.05, 3.63) is 89.1 Å². The van der Waals surface area contributed by atoms with E-state index in [9.17, 15) is 31.9 Å². The molecule has 2 fully saturated rings. The number of pyridine rings is 1. The van der Waals surface area contributed by atoms with Gasteiger partial charge in [0.2, 0.25) is 11.8 Å². The average molecular weight is 569 g/mol. The molecule has 214 valence electrons. The first-order valence-corrected chi connectivity index (χ1v) is 13.2. The summed E-state index contributed by atoms with van der Waals surface area (Å²) in [6.45, 7) is 3.50. The lowest BCUT2D eigenvalue weighted by atomic mass is 9.87. The molecule has 1 aliphatic heterocycles. The maximum Gasteiger partial charge on any atom is 0.252 e. The smallest absolute Gasteiger partial charge is 0.252 e. The van der Waals surface area contributed by atoms with Crippen LogP contribution in [0.2, 0.25) is 0 Å². The van der Waals surface area contributed by atoms with Crippen molar-refractivity contribution in [2.45, 2.75) is 63.6 Å². The Morgan fingerprint density at radius 1 is 1.05 bits per heavy atom. The summed E-state index contributed by atoms with van der Waals surface area (Å²) < 4.78 is 56.3. The number of hydrogen-bond acceptors (Lipinski definition) is 4. The largest absolute Gasteiger partial charge is 0.351 e. The number of aromatic nitrogens is 1. The minimum atomic E-state index is -2.91. The third-order valence-corrected chi connectivity index (χ3v) is 7.43. The first-order valence-electron chi connectivity index (χ1n) is 13.2. The number of nitrogens with one attached hydrogen (secondary N) is 1. The highest BCUT2D eigenvalue weighted by molar-refractivity contribution is 6.10. The average Bonchev–Trinajstić information content (AvgIpc) is 3.27. The molecule has 11 heteroatoms. The maximum atomic E-state index is 14.5. The van der Waals surface area contributed by atoms with Gasteiger partial charge >= 0.3 is 0 Å². The molecule has 1 aromatic heterocycles. The normalized spacial score (nSPS) is 19.0. The van der Waals surface area contributed by atoms with Crippen LogP contribution in [-0.4, -0.2) is 40.7 Å². The molecule has 3 amide bonds. The third-order valence-electron chi connectivity index (χ3n) is 7.43. The van der Waals surface area contributed by atoms with Crippen molar-refractivity contribution in [3.63, 3.8) is 0 Å². The summed E-state index contributed by atoms with van der Waals surface area (Å²) in [7, 11) is 0. The van der Waals surface area contributed by atoms with Crippen LogP contribution in [0.4, 0.5) is 29.1 Å². The fraction of sp³-hybridized carbons (Fsp3) is 0.333. The molecule has 2 aliphatic rings. The van der Waals surface area contributed by atoms with Gasteiger partial charge in [-0.1, -0.05) is 24.3 Å². The van der Waals surface area contributed by atoms with Gasteiger partial charge in [0.1, 0.15) is 29.5 Å². The zero-order valence-corrected chi connectivity index (χ0v) is 22.4. The summed E-state index contributed by atoms with van der Waals surface area (Å²) in [6.07, 6.45) is 0.446. The van der Waals surface area contributed by atoms with Crippen LogP contribution in [0, 0.1) is 25.5 Å². The molecule has 0 bridgehead atoms. The highest BCUT2D eigenvalue weighted by atomic mass is 19.3. The SMILES string of the molecule is Cc1ccnc(N2C(=O)CC[C@H]2C(=O)N(c2cc(F)cc(F)c2)[C@H](C(=O)NC2CC(F)(F)C2)c2ccccc2C)c1. The van der Waals surface area contributed by atoms with Crippen LogP contribution in [-0.2, 0) is 14.4 Å². The van der Waals surface area contributed by atoms with E-state index in [0.717, 1.165) is 22.6 Å². The van der Waals surface area contributed by atoms with Gasteiger partial charge in [-0.2, -0.15) is 0 Å². The Morgan fingerprint density at radius 3 is 2.37 bits per heavy atom. The second kappa shape index (κ2) is 10.9. The van der Waals surface area contributed by atoms with Crippen molar-refractivity contribution < 1.29 is 31.9 Å². The minimum Gasteiger partial charge on any atom is -0.351 e. The van der Waals surface area contributed by atoms with Crippen molar-refractivity contribution in [1.29, 1.82) is 0 Å². The first-order chi connectivity index (χ1) is 19.4. The maximum absolute atomic E-state index is 14.5. The quantitative estimate of drug-likeness (QED) is 0.400. The third kappa shape index (κ3) is 5.79. The van der Waals surface area contributed by atoms with Gasteiger partial charge in [0.15, 0.2) is 0 Å². The molecule has 1 saturated heterocycles. The molecule has 0 radical (unpaired) electrons. The number of aryl methyl sites for hydroxylation is 2. The van der Waals surface area contributed by atoms with E-state index in [2.05, 4.69) is 10.3 Å². The molecular formula is C30H28F4N4O3. The molecular weight excluding hydrogens is 540 g/mol. The molecule has 2 atom stereocenters. The van der Waals surface area contributed by atoms with Crippen LogP contribution in [0.15, 0.2) is 60.8 Å². The number of benzene rings is 2. The van der Waals surface area contributed by atoms with Gasteiger partial charge in [0.05, 0.1) is 5.69 Å². The lowest BCUT2D eigenvalue weighted by molar-refractivity contribution is -0.133. The van der Waals surface area contributed by atoms with Crippen molar-refractivity contribution >= 4 is 29.2 Å². The monoisotopic (exact) mass is 568 g/mol. The first kappa shape index (κ1) is 28.3. The second-order valence-corrected chi connectivity index (χ2v) is 10.6. The molecule has 1 aliphatic carbocycles. The number of alkyl halides is 2. The Hall–Kier alpha value is -4.28. The lowest BCUT2D eigenvalue weighted by Crippen LogP contribution is -2.56. The Balaban J connectivity index is 1.63. The van der Waals surface area contributed by atoms with Crippen molar-refractivity contribution in [3.8, 4) is 0 Å². The van der Waals surface area contributed by atoms with E-state index in [4.69, 9.17) is 0 Å². The Bertz CT molecular complexity index is 1490. The number of anilines is 2. The summed E-state index contributed by atoms with van der Waals surface area (Å²) in [5.41, 5.74) is 1.45. The van der Waals surface area contributed by atoms with Crippen LogP contribution in [0.5, 0.6) is 0 Å². The Morgan fingerprint density at radius 2 is 1.73 bits per heavy atom. The van der Waals surface area contributed by atoms with Gasteiger partial charge in [0, 0.05) is 37.6 Å². The fourth-order valence-corrected chi connectivity index (χ4v) is 5.43. The second-order valence-electron chi connectivity index (χ2n) is 10.6. The van der Waals surface area contributed by atoms with Crippen molar-refractivity contribution in [2.75, 3.05) is 9.80 Å². The highest BCUT2D eigenvalue weighted by Crippen LogP contribution is 2.39. The van der Waals surface area contributed by atoms with Crippen LogP contribution in [0.25, 0.3) is 0 Å². The van der Waals surface area contributed by atoms with Gasteiger partial charge in [-0.25, -0.2) is 22.5 Å². The fourth-order valence-electron chi connectivity index (χ4n) is 5.43. The van der Waals surface area contributed by atoms with Gasteiger partial charge < -0.3 is 5.32 Å². The molecule has 0 spiro atoms. The highest BCUT2D eigenvalue weighted by Gasteiger charge is 2.48. The number of carbonyl (C=O) groups is 3. The summed E-state index contributed by atoms with van der Waals surface area (Å²) in [6, 6.07) is 9.01. The summed E-state index contributed by atoms with van der Waals surface area (Å²) in [5, 5.41) is 2.59. The van der Waals surface area contributed by atoms with Gasteiger partial charge in [-0.15, -0.1) is 0 Å². The molecule has 3 aromatic rings. The van der Waals surface area contributed by atoms with E-state index in [1.54, 1.807) is 50.2 Å². The number of carbonyl (C=O) groups excluding carboxylic acids is 3. The van der Waals surface area contributed by atoms with E-state index in [1.165, 1.54) is 11.1 Å². The predicted octanol–water partition coefficient (Wildman–Crippen LogP) is 5.16. The van der Waals surface area contributed by atoms with E-state index in [1.807, 2.05) is 0 Å². The van der Waals surface area contributed by atoms with Crippen molar-refractivity contribution in [1.82, 2.24) is 10.3 Å². The zero-order valence-electron chi connectivity index (χ0n) is 22.4. The minimum absolute atomic E-state index is 0.00969. The van der Waals surface area contributed by atoms with Crippen LogP contribution >= 0.6 is 0 Å². The van der Waals surface area contributed by atoms with E-state index >= 15 is 0 Å². The molecule has 1 saturated carbocycles. The summed E-state index contributed by atoms with van der Waals surface area (Å²) >= 11 is 0. The van der Waals surface area contributed by atoms with Gasteiger partial charge in [-0.05, 0) is 61.2 Å². The van der Waals surface area contributed by atoms with Crippen LogP contribution in [0.1, 0.15) is 48.4 Å².